The Morgan fingerprint density at radius 1 is 1.03 bits per heavy atom. The van der Waals surface area contributed by atoms with E-state index in [9.17, 15) is 9.59 Å². The van der Waals surface area contributed by atoms with Gasteiger partial charge in [0.15, 0.2) is 11.5 Å². The first-order valence-electron chi connectivity index (χ1n) is 11.1. The molecule has 1 aliphatic rings. The average molecular weight is 480 g/mol. The highest BCUT2D eigenvalue weighted by Crippen LogP contribution is 2.31. The molecule has 1 heterocycles. The number of amides is 2. The van der Waals surface area contributed by atoms with E-state index in [4.69, 9.17) is 21.1 Å². The van der Waals surface area contributed by atoms with Gasteiger partial charge in [-0.1, -0.05) is 41.9 Å². The van der Waals surface area contributed by atoms with E-state index in [1.807, 2.05) is 37.3 Å². The minimum absolute atomic E-state index is 0.0963. The molecule has 1 saturated heterocycles. The summed E-state index contributed by atoms with van der Waals surface area (Å²) >= 11 is 5.93. The minimum Gasteiger partial charge on any atom is -0.490 e. The van der Waals surface area contributed by atoms with Crippen LogP contribution in [0.15, 0.2) is 72.8 Å². The van der Waals surface area contributed by atoms with Crippen LogP contribution in [-0.2, 0) is 16.2 Å². The molecule has 2 amide bonds. The second kappa shape index (κ2) is 10.9. The first-order valence-corrected chi connectivity index (χ1v) is 11.5. The van der Waals surface area contributed by atoms with Crippen LogP contribution in [0.4, 0.5) is 11.4 Å². The van der Waals surface area contributed by atoms with E-state index in [0.29, 0.717) is 42.0 Å². The number of nitrogens with one attached hydrogen (secondary N) is 2. The molecule has 0 saturated carbocycles. The van der Waals surface area contributed by atoms with E-state index < -0.39 is 5.92 Å². The molecule has 3 aromatic rings. The van der Waals surface area contributed by atoms with E-state index in [2.05, 4.69) is 10.9 Å². The molecule has 0 unspecified atom stereocenters. The zero-order valence-electron chi connectivity index (χ0n) is 18.8. The Morgan fingerprint density at radius 2 is 1.79 bits per heavy atom. The van der Waals surface area contributed by atoms with Crippen LogP contribution in [0.3, 0.4) is 0 Å². The maximum atomic E-state index is 12.7. The van der Waals surface area contributed by atoms with Gasteiger partial charge in [0.2, 0.25) is 11.8 Å². The highest BCUT2D eigenvalue weighted by atomic mass is 35.5. The van der Waals surface area contributed by atoms with E-state index in [1.165, 1.54) is 0 Å². The summed E-state index contributed by atoms with van der Waals surface area (Å²) in [4.78, 5) is 26.7. The molecule has 1 atom stereocenters. The smallest absolute Gasteiger partial charge is 0.243 e. The number of hydrogen-bond donors (Lipinski definition) is 2. The Bertz CT molecular complexity index is 1140. The molecule has 0 aromatic heterocycles. The third-order valence-corrected chi connectivity index (χ3v) is 5.70. The molecule has 7 nitrogen and oxygen atoms in total. The molecule has 8 heteroatoms. The van der Waals surface area contributed by atoms with Gasteiger partial charge in [0.25, 0.3) is 0 Å². The number of halogens is 1. The van der Waals surface area contributed by atoms with Crippen molar-refractivity contribution < 1.29 is 19.1 Å². The van der Waals surface area contributed by atoms with Gasteiger partial charge in [-0.15, -0.1) is 0 Å². The maximum absolute atomic E-state index is 12.7. The molecule has 1 fully saturated rings. The predicted octanol–water partition coefficient (Wildman–Crippen LogP) is 4.81. The SMILES string of the molecule is CCOc1cc(NNC(=O)[C@@H]2CC(=O)N(c3ccc(Cl)cc3)C2)ccc1OCc1ccccc1. The van der Waals surface area contributed by atoms with Gasteiger partial charge in [-0.25, -0.2) is 0 Å². The summed E-state index contributed by atoms with van der Waals surface area (Å²) in [5, 5.41) is 0.594. The summed E-state index contributed by atoms with van der Waals surface area (Å²) in [5.41, 5.74) is 8.04. The number of hydrazine groups is 1. The van der Waals surface area contributed by atoms with Crippen molar-refractivity contribution in [3.63, 3.8) is 0 Å². The first-order chi connectivity index (χ1) is 16.5. The van der Waals surface area contributed by atoms with Gasteiger partial charge in [0.05, 0.1) is 18.2 Å². The van der Waals surface area contributed by atoms with Crippen molar-refractivity contribution in [1.82, 2.24) is 5.43 Å². The summed E-state index contributed by atoms with van der Waals surface area (Å²) in [5.74, 6) is 0.369. The van der Waals surface area contributed by atoms with Gasteiger partial charge in [-0.2, -0.15) is 0 Å². The van der Waals surface area contributed by atoms with E-state index >= 15 is 0 Å². The van der Waals surface area contributed by atoms with Crippen LogP contribution in [0.1, 0.15) is 18.9 Å². The summed E-state index contributed by atoms with van der Waals surface area (Å²) < 4.78 is 11.6. The minimum atomic E-state index is -0.462. The predicted molar refractivity (Wildman–Crippen MR) is 132 cm³/mol. The standard InChI is InChI=1S/C26H26ClN3O4/c1-2-33-24-15-21(10-13-23(24)34-17-18-6-4-3-5-7-18)28-29-26(32)19-14-25(31)30(16-19)22-11-8-20(27)9-12-22/h3-13,15,19,28H,2,14,16-17H2,1H3,(H,29,32)/t19-/m1/s1. The van der Waals surface area contributed by atoms with Crippen LogP contribution < -0.4 is 25.2 Å². The fraction of sp³-hybridized carbons (Fsp3) is 0.231. The van der Waals surface area contributed by atoms with Gasteiger partial charge in [-0.3, -0.25) is 20.4 Å². The van der Waals surface area contributed by atoms with Gasteiger partial charge < -0.3 is 14.4 Å². The molecular formula is C26H26ClN3O4. The van der Waals surface area contributed by atoms with Gasteiger partial charge in [-0.05, 0) is 48.9 Å². The van der Waals surface area contributed by atoms with Crippen LogP contribution in [-0.4, -0.2) is 25.0 Å². The number of ether oxygens (including phenoxy) is 2. The molecule has 4 rings (SSSR count). The quantitative estimate of drug-likeness (QED) is 0.430. The number of rotatable bonds is 9. The molecule has 3 aromatic carbocycles. The van der Waals surface area contributed by atoms with Crippen molar-refractivity contribution in [3.05, 3.63) is 83.4 Å². The molecule has 0 spiro atoms. The van der Waals surface area contributed by atoms with Crippen molar-refractivity contribution in [2.24, 2.45) is 5.92 Å². The normalized spacial score (nSPS) is 15.2. The summed E-state index contributed by atoms with van der Waals surface area (Å²) in [6.45, 7) is 3.10. The second-order valence-corrected chi connectivity index (χ2v) is 8.30. The fourth-order valence-corrected chi connectivity index (χ4v) is 3.82. The Labute approximate surface area is 203 Å². The molecule has 1 aliphatic heterocycles. The van der Waals surface area contributed by atoms with Crippen LogP contribution in [0, 0.1) is 5.92 Å². The topological polar surface area (TPSA) is 79.9 Å². The Hall–Kier alpha value is -3.71. The lowest BCUT2D eigenvalue weighted by atomic mass is 10.1. The van der Waals surface area contributed by atoms with Crippen LogP contribution in [0.25, 0.3) is 0 Å². The van der Waals surface area contributed by atoms with Crippen LogP contribution in [0.2, 0.25) is 5.02 Å². The number of anilines is 2. The number of nitrogens with zero attached hydrogens (tertiary/aromatic N) is 1. The van der Waals surface area contributed by atoms with Crippen molar-refractivity contribution in [2.75, 3.05) is 23.5 Å². The van der Waals surface area contributed by atoms with Gasteiger partial charge in [0, 0.05) is 29.7 Å². The zero-order chi connectivity index (χ0) is 23.9. The average Bonchev–Trinajstić information content (AvgIpc) is 3.25. The summed E-state index contributed by atoms with van der Waals surface area (Å²) in [7, 11) is 0. The Morgan fingerprint density at radius 3 is 2.53 bits per heavy atom. The lowest BCUT2D eigenvalue weighted by molar-refractivity contribution is -0.125. The zero-order valence-corrected chi connectivity index (χ0v) is 19.5. The van der Waals surface area contributed by atoms with E-state index in [1.54, 1.807) is 47.4 Å². The highest BCUT2D eigenvalue weighted by Gasteiger charge is 2.35. The lowest BCUT2D eigenvalue weighted by Crippen LogP contribution is -2.36. The molecular weight excluding hydrogens is 454 g/mol. The largest absolute Gasteiger partial charge is 0.490 e. The van der Waals surface area contributed by atoms with Gasteiger partial charge in [0.1, 0.15) is 6.61 Å². The fourth-order valence-electron chi connectivity index (χ4n) is 3.70. The third-order valence-electron chi connectivity index (χ3n) is 5.44. The molecule has 34 heavy (non-hydrogen) atoms. The van der Waals surface area contributed by atoms with Crippen LogP contribution >= 0.6 is 11.6 Å². The van der Waals surface area contributed by atoms with Crippen molar-refractivity contribution in [1.29, 1.82) is 0 Å². The molecule has 0 aliphatic carbocycles. The molecule has 2 N–H and O–H groups in total. The Kier molecular flexibility index (Phi) is 7.54. The van der Waals surface area contributed by atoms with Crippen molar-refractivity contribution in [2.45, 2.75) is 20.0 Å². The van der Waals surface area contributed by atoms with E-state index in [-0.39, 0.29) is 18.2 Å². The lowest BCUT2D eigenvalue weighted by Gasteiger charge is -2.17. The van der Waals surface area contributed by atoms with Crippen molar-refractivity contribution >= 4 is 34.8 Å². The summed E-state index contributed by atoms with van der Waals surface area (Å²) in [6.07, 6.45) is 0.145. The number of benzene rings is 3. The monoisotopic (exact) mass is 479 g/mol. The van der Waals surface area contributed by atoms with Crippen molar-refractivity contribution in [3.8, 4) is 11.5 Å². The highest BCUT2D eigenvalue weighted by molar-refractivity contribution is 6.30. The molecule has 0 bridgehead atoms. The van der Waals surface area contributed by atoms with E-state index in [0.717, 1.165) is 11.3 Å². The Balaban J connectivity index is 1.35. The molecule has 176 valence electrons. The van der Waals surface area contributed by atoms with Crippen LogP contribution in [0.5, 0.6) is 11.5 Å². The number of carbonyl (C=O) groups is 2. The number of carbonyl (C=O) groups excluding carboxylic acids is 2. The summed E-state index contributed by atoms with van der Waals surface area (Å²) in [6, 6.07) is 22.2. The third kappa shape index (κ3) is 5.80. The number of hydrogen-bond acceptors (Lipinski definition) is 5. The van der Waals surface area contributed by atoms with Gasteiger partial charge >= 0.3 is 0 Å². The first kappa shape index (κ1) is 23.4. The molecule has 0 radical (unpaired) electrons. The second-order valence-electron chi connectivity index (χ2n) is 7.86. The maximum Gasteiger partial charge on any atom is 0.243 e.